The zero-order valence-corrected chi connectivity index (χ0v) is 12.6. The average molecular weight is 316 g/mol. The Kier molecular flexibility index (Phi) is 4.28. The molecule has 0 aromatic carbocycles. The maximum Gasteiger partial charge on any atom is 0.244 e. The van der Waals surface area contributed by atoms with Crippen LogP contribution >= 0.6 is 22.7 Å². The molecule has 4 nitrogen and oxygen atoms in total. The number of oxazole rings is 1. The van der Waals surface area contributed by atoms with Crippen molar-refractivity contribution in [2.45, 2.75) is 6.54 Å². The minimum atomic E-state index is -0.151. The number of carbonyl (C=O) groups excluding carboxylic acids is 1. The monoisotopic (exact) mass is 316 g/mol. The Labute approximate surface area is 129 Å². The van der Waals surface area contributed by atoms with Crippen LogP contribution in [-0.4, -0.2) is 10.9 Å². The van der Waals surface area contributed by atoms with Crippen LogP contribution in [0.4, 0.5) is 0 Å². The molecule has 0 unspecified atom stereocenters. The number of thiophene rings is 2. The van der Waals surface area contributed by atoms with Gasteiger partial charge in [-0.2, -0.15) is 11.3 Å². The third-order valence-electron chi connectivity index (χ3n) is 2.70. The number of carbonyl (C=O) groups is 1. The lowest BCUT2D eigenvalue weighted by Gasteiger charge is -1.97. The van der Waals surface area contributed by atoms with E-state index in [0.29, 0.717) is 18.1 Å². The average Bonchev–Trinajstić information content (AvgIpc) is 3.24. The zero-order chi connectivity index (χ0) is 14.5. The maximum atomic E-state index is 11.7. The summed E-state index contributed by atoms with van der Waals surface area (Å²) in [5.41, 5.74) is 1.73. The fourth-order valence-electron chi connectivity index (χ4n) is 1.68. The molecule has 0 spiro atoms. The minimum Gasteiger partial charge on any atom is -0.443 e. The molecule has 1 N–H and O–H groups in total. The lowest BCUT2D eigenvalue weighted by Crippen LogP contribution is -2.20. The Morgan fingerprint density at radius 2 is 2.33 bits per heavy atom. The van der Waals surface area contributed by atoms with E-state index >= 15 is 0 Å². The van der Waals surface area contributed by atoms with Crippen molar-refractivity contribution in [1.82, 2.24) is 10.3 Å². The van der Waals surface area contributed by atoms with E-state index in [1.807, 2.05) is 34.3 Å². The predicted molar refractivity (Wildman–Crippen MR) is 85.0 cm³/mol. The molecule has 0 saturated heterocycles. The van der Waals surface area contributed by atoms with Crippen molar-refractivity contribution in [3.05, 3.63) is 57.9 Å². The Morgan fingerprint density at radius 1 is 1.38 bits per heavy atom. The molecule has 0 aliphatic heterocycles. The molecule has 0 atom stereocenters. The molecule has 21 heavy (non-hydrogen) atoms. The summed E-state index contributed by atoms with van der Waals surface area (Å²) in [6, 6.07) is 5.85. The Balaban J connectivity index is 1.54. The van der Waals surface area contributed by atoms with Gasteiger partial charge in [-0.15, -0.1) is 11.3 Å². The maximum absolute atomic E-state index is 11.7. The molecule has 3 heterocycles. The Bertz CT molecular complexity index is 728. The largest absolute Gasteiger partial charge is 0.443 e. The molecule has 0 radical (unpaired) electrons. The number of hydrogen-bond donors (Lipinski definition) is 1. The summed E-state index contributed by atoms with van der Waals surface area (Å²) in [7, 11) is 0. The van der Waals surface area contributed by atoms with Crippen LogP contribution in [0.15, 0.2) is 51.1 Å². The molecule has 3 aromatic heterocycles. The number of nitrogens with one attached hydrogen (secondary N) is 1. The van der Waals surface area contributed by atoms with Crippen LogP contribution in [0.1, 0.15) is 11.3 Å². The second-order valence-electron chi connectivity index (χ2n) is 4.23. The summed E-state index contributed by atoms with van der Waals surface area (Å²) in [5, 5.41) is 8.70. The zero-order valence-electron chi connectivity index (χ0n) is 11.0. The Morgan fingerprint density at radius 3 is 3.10 bits per heavy atom. The highest BCUT2D eigenvalue weighted by Crippen LogP contribution is 2.23. The number of amides is 1. The van der Waals surface area contributed by atoms with Crippen LogP contribution in [0.3, 0.4) is 0 Å². The summed E-state index contributed by atoms with van der Waals surface area (Å²) in [6.45, 7) is 0.349. The van der Waals surface area contributed by atoms with E-state index < -0.39 is 0 Å². The highest BCUT2D eigenvalue weighted by molar-refractivity contribution is 7.13. The van der Waals surface area contributed by atoms with Crippen LogP contribution < -0.4 is 5.32 Å². The van der Waals surface area contributed by atoms with E-state index in [4.69, 9.17) is 4.42 Å². The van der Waals surface area contributed by atoms with Crippen molar-refractivity contribution in [3.63, 3.8) is 0 Å². The molecule has 3 aromatic rings. The van der Waals surface area contributed by atoms with Gasteiger partial charge < -0.3 is 9.73 Å². The van der Waals surface area contributed by atoms with Gasteiger partial charge >= 0.3 is 0 Å². The highest BCUT2D eigenvalue weighted by Gasteiger charge is 2.07. The van der Waals surface area contributed by atoms with E-state index in [2.05, 4.69) is 10.3 Å². The topological polar surface area (TPSA) is 55.1 Å². The van der Waals surface area contributed by atoms with Gasteiger partial charge in [-0.25, -0.2) is 4.98 Å². The summed E-state index contributed by atoms with van der Waals surface area (Å²) >= 11 is 3.17. The van der Waals surface area contributed by atoms with Crippen molar-refractivity contribution >= 4 is 34.7 Å². The Hall–Kier alpha value is -2.18. The molecule has 1 amide bonds. The molecule has 6 heteroatoms. The quantitative estimate of drug-likeness (QED) is 0.729. The van der Waals surface area contributed by atoms with E-state index in [0.717, 1.165) is 10.4 Å². The van der Waals surface area contributed by atoms with E-state index in [1.165, 1.54) is 6.08 Å². The third kappa shape index (κ3) is 3.68. The van der Waals surface area contributed by atoms with Crippen molar-refractivity contribution < 1.29 is 9.21 Å². The highest BCUT2D eigenvalue weighted by atomic mass is 32.1. The second-order valence-corrected chi connectivity index (χ2v) is 5.96. The van der Waals surface area contributed by atoms with Gasteiger partial charge in [0.2, 0.25) is 11.8 Å². The van der Waals surface area contributed by atoms with Crippen LogP contribution in [0.2, 0.25) is 0 Å². The SMILES string of the molecule is O=C(C=Cc1ccsc1)NCc1coc(-c2cccs2)n1. The van der Waals surface area contributed by atoms with Gasteiger partial charge in [0.25, 0.3) is 0 Å². The first kappa shape index (κ1) is 13.8. The minimum absolute atomic E-state index is 0.151. The number of aromatic nitrogens is 1. The summed E-state index contributed by atoms with van der Waals surface area (Å²) in [5.74, 6) is 0.435. The lowest BCUT2D eigenvalue weighted by molar-refractivity contribution is -0.116. The van der Waals surface area contributed by atoms with Gasteiger partial charge in [-0.05, 0) is 39.9 Å². The standard InChI is InChI=1S/C15H12N2O2S2/c18-14(4-3-11-5-7-20-10-11)16-8-12-9-19-15(17-12)13-2-1-6-21-13/h1-7,9-10H,8H2,(H,16,18). The lowest BCUT2D eigenvalue weighted by atomic mass is 10.3. The van der Waals surface area contributed by atoms with Crippen LogP contribution in [0.5, 0.6) is 0 Å². The van der Waals surface area contributed by atoms with E-state index in [1.54, 1.807) is 35.0 Å². The third-order valence-corrected chi connectivity index (χ3v) is 4.26. The van der Waals surface area contributed by atoms with Crippen LogP contribution in [0.25, 0.3) is 16.8 Å². The first-order chi connectivity index (χ1) is 10.3. The fraction of sp³-hybridized carbons (Fsp3) is 0.0667. The number of nitrogens with zero attached hydrogens (tertiary/aromatic N) is 1. The van der Waals surface area contributed by atoms with Gasteiger partial charge in [-0.1, -0.05) is 6.07 Å². The molecular weight excluding hydrogens is 304 g/mol. The second kappa shape index (κ2) is 6.51. The first-order valence-electron chi connectivity index (χ1n) is 6.27. The van der Waals surface area contributed by atoms with Crippen molar-refractivity contribution in [2.75, 3.05) is 0 Å². The molecule has 106 valence electrons. The van der Waals surface area contributed by atoms with E-state index in [9.17, 15) is 4.79 Å². The summed E-state index contributed by atoms with van der Waals surface area (Å²) in [4.78, 5) is 17.0. The fourth-order valence-corrected chi connectivity index (χ4v) is 2.96. The first-order valence-corrected chi connectivity index (χ1v) is 8.10. The van der Waals surface area contributed by atoms with Crippen LogP contribution in [0, 0.1) is 0 Å². The van der Waals surface area contributed by atoms with Gasteiger partial charge in [0.05, 0.1) is 17.1 Å². The van der Waals surface area contributed by atoms with Crippen molar-refractivity contribution in [2.24, 2.45) is 0 Å². The summed E-state index contributed by atoms with van der Waals surface area (Å²) < 4.78 is 5.39. The predicted octanol–water partition coefficient (Wildman–Crippen LogP) is 3.79. The van der Waals surface area contributed by atoms with Crippen LogP contribution in [-0.2, 0) is 11.3 Å². The van der Waals surface area contributed by atoms with Crippen molar-refractivity contribution in [1.29, 1.82) is 0 Å². The number of hydrogen-bond acceptors (Lipinski definition) is 5. The molecular formula is C15H12N2O2S2. The smallest absolute Gasteiger partial charge is 0.244 e. The molecule has 0 saturated carbocycles. The molecule has 0 aliphatic rings. The molecule has 0 aliphatic carbocycles. The van der Waals surface area contributed by atoms with Crippen molar-refractivity contribution in [3.8, 4) is 10.8 Å². The van der Waals surface area contributed by atoms with E-state index in [-0.39, 0.29) is 5.91 Å². The van der Waals surface area contributed by atoms with Gasteiger partial charge in [-0.3, -0.25) is 4.79 Å². The normalized spacial score (nSPS) is 11.0. The summed E-state index contributed by atoms with van der Waals surface area (Å²) in [6.07, 6.45) is 4.87. The van der Waals surface area contributed by atoms with Gasteiger partial charge in [0.1, 0.15) is 6.26 Å². The molecule has 3 rings (SSSR count). The van der Waals surface area contributed by atoms with Gasteiger partial charge in [0.15, 0.2) is 0 Å². The van der Waals surface area contributed by atoms with Gasteiger partial charge in [0, 0.05) is 6.08 Å². The number of rotatable bonds is 5. The molecule has 0 fully saturated rings. The molecule has 0 bridgehead atoms.